The Morgan fingerprint density at radius 3 is 2.36 bits per heavy atom. The lowest BCUT2D eigenvalue weighted by Crippen LogP contribution is -2.18. The number of amides is 1. The number of ether oxygens (including phenoxy) is 1. The molecule has 0 atom stereocenters. The smallest absolute Gasteiger partial charge is 0.255 e. The molecule has 1 amide bonds. The number of pyridine rings is 1. The molecular formula is C23H25N3O2. The third-order valence-corrected chi connectivity index (χ3v) is 4.38. The van der Waals surface area contributed by atoms with Crippen molar-refractivity contribution in [1.82, 2.24) is 4.98 Å². The van der Waals surface area contributed by atoms with Crippen LogP contribution in [0.4, 0.5) is 17.2 Å². The fourth-order valence-corrected chi connectivity index (χ4v) is 2.97. The fraction of sp³-hybridized carbons (Fsp3) is 0.217. The molecule has 2 N–H and O–H groups in total. The Hall–Kier alpha value is -3.34. The molecular weight excluding hydrogens is 350 g/mol. The number of anilines is 3. The van der Waals surface area contributed by atoms with E-state index in [1.54, 1.807) is 25.4 Å². The van der Waals surface area contributed by atoms with Crippen LogP contribution in [-0.4, -0.2) is 18.0 Å². The summed E-state index contributed by atoms with van der Waals surface area (Å²) in [5.74, 6) is 1.10. The number of carbonyl (C=O) groups excluding carboxylic acids is 1. The van der Waals surface area contributed by atoms with Crippen molar-refractivity contribution in [2.75, 3.05) is 17.7 Å². The van der Waals surface area contributed by atoms with Crippen LogP contribution in [0, 0.1) is 0 Å². The van der Waals surface area contributed by atoms with E-state index >= 15 is 0 Å². The summed E-state index contributed by atoms with van der Waals surface area (Å²) in [5, 5.41) is 6.23. The van der Waals surface area contributed by atoms with Gasteiger partial charge < -0.3 is 15.4 Å². The van der Waals surface area contributed by atoms with Gasteiger partial charge in [0, 0.05) is 17.4 Å². The van der Waals surface area contributed by atoms with Gasteiger partial charge in [0.25, 0.3) is 5.91 Å². The molecule has 5 heteroatoms. The van der Waals surface area contributed by atoms with Crippen LogP contribution in [0.5, 0.6) is 5.75 Å². The summed E-state index contributed by atoms with van der Waals surface area (Å²) in [5.41, 5.74) is 3.14. The van der Waals surface area contributed by atoms with E-state index in [0.717, 1.165) is 16.9 Å². The quantitative estimate of drug-likeness (QED) is 0.628. The van der Waals surface area contributed by atoms with E-state index in [1.165, 1.54) is 0 Å². The third kappa shape index (κ3) is 4.49. The minimum absolute atomic E-state index is 0.0707. The minimum Gasteiger partial charge on any atom is -0.495 e. The van der Waals surface area contributed by atoms with Gasteiger partial charge in [-0.15, -0.1) is 0 Å². The third-order valence-electron chi connectivity index (χ3n) is 4.38. The molecule has 0 aliphatic heterocycles. The van der Waals surface area contributed by atoms with Crippen molar-refractivity contribution in [3.8, 4) is 5.75 Å². The van der Waals surface area contributed by atoms with Crippen molar-refractivity contribution in [3.05, 3.63) is 78.0 Å². The molecule has 3 aromatic rings. The molecule has 0 aliphatic rings. The van der Waals surface area contributed by atoms with Gasteiger partial charge in [-0.05, 0) is 41.3 Å². The average molecular weight is 375 g/mol. The van der Waals surface area contributed by atoms with Crippen LogP contribution < -0.4 is 15.4 Å². The van der Waals surface area contributed by atoms with Gasteiger partial charge >= 0.3 is 0 Å². The largest absolute Gasteiger partial charge is 0.495 e. The molecule has 0 bridgehead atoms. The maximum Gasteiger partial charge on any atom is 0.255 e. The Labute approximate surface area is 165 Å². The summed E-state index contributed by atoms with van der Waals surface area (Å²) in [6.45, 7) is 6.37. The first-order valence-electron chi connectivity index (χ1n) is 9.15. The molecule has 0 fully saturated rings. The van der Waals surface area contributed by atoms with Gasteiger partial charge in [-0.3, -0.25) is 4.79 Å². The fourth-order valence-electron chi connectivity index (χ4n) is 2.97. The van der Waals surface area contributed by atoms with E-state index in [4.69, 9.17) is 4.74 Å². The molecule has 0 unspecified atom stereocenters. The number of benzene rings is 2. The molecule has 3 rings (SSSR count). The van der Waals surface area contributed by atoms with Gasteiger partial charge in [0.2, 0.25) is 0 Å². The number of methoxy groups -OCH3 is 1. The number of hydrogen-bond acceptors (Lipinski definition) is 4. The number of carbonyl (C=O) groups is 1. The first-order valence-corrected chi connectivity index (χ1v) is 9.15. The summed E-state index contributed by atoms with van der Waals surface area (Å²) in [6, 6.07) is 18.9. The van der Waals surface area contributed by atoms with Crippen molar-refractivity contribution < 1.29 is 9.53 Å². The first-order chi connectivity index (χ1) is 13.4. The Morgan fingerprint density at radius 2 is 1.64 bits per heavy atom. The Morgan fingerprint density at radius 1 is 0.964 bits per heavy atom. The van der Waals surface area contributed by atoms with Crippen LogP contribution in [0.2, 0.25) is 0 Å². The second-order valence-electron chi connectivity index (χ2n) is 7.50. The van der Waals surface area contributed by atoms with E-state index < -0.39 is 0 Å². The SMILES string of the molecule is COc1ccccc1Nc1cc(C(=O)Nc2ccccc2C(C)(C)C)ccn1. The van der Waals surface area contributed by atoms with Crippen LogP contribution >= 0.6 is 0 Å². The van der Waals surface area contributed by atoms with E-state index in [9.17, 15) is 4.79 Å². The number of para-hydroxylation sites is 3. The van der Waals surface area contributed by atoms with Gasteiger partial charge in [-0.1, -0.05) is 51.1 Å². The van der Waals surface area contributed by atoms with E-state index in [1.807, 2.05) is 48.5 Å². The van der Waals surface area contributed by atoms with Crippen LogP contribution in [0.1, 0.15) is 36.7 Å². The van der Waals surface area contributed by atoms with Gasteiger partial charge in [-0.25, -0.2) is 4.98 Å². The molecule has 0 aliphatic carbocycles. The number of rotatable bonds is 5. The lowest BCUT2D eigenvalue weighted by Gasteiger charge is -2.23. The van der Waals surface area contributed by atoms with Gasteiger partial charge in [0.05, 0.1) is 12.8 Å². The second kappa shape index (κ2) is 8.13. The molecule has 144 valence electrons. The van der Waals surface area contributed by atoms with Crippen LogP contribution in [0.3, 0.4) is 0 Å². The topological polar surface area (TPSA) is 63.2 Å². The van der Waals surface area contributed by atoms with Crippen molar-refractivity contribution in [3.63, 3.8) is 0 Å². The molecule has 1 heterocycles. The summed E-state index contributed by atoms with van der Waals surface area (Å²) in [6.07, 6.45) is 1.61. The molecule has 0 saturated heterocycles. The van der Waals surface area contributed by atoms with Crippen LogP contribution in [0.25, 0.3) is 0 Å². The molecule has 28 heavy (non-hydrogen) atoms. The number of hydrogen-bond donors (Lipinski definition) is 2. The molecule has 0 radical (unpaired) electrons. The first kappa shape index (κ1) is 19.4. The van der Waals surface area contributed by atoms with Gasteiger partial charge in [0.15, 0.2) is 0 Å². The average Bonchev–Trinajstić information content (AvgIpc) is 2.68. The maximum atomic E-state index is 12.8. The van der Waals surface area contributed by atoms with E-state index in [-0.39, 0.29) is 11.3 Å². The highest BCUT2D eigenvalue weighted by Gasteiger charge is 2.19. The van der Waals surface area contributed by atoms with Gasteiger partial charge in [0.1, 0.15) is 11.6 Å². The maximum absolute atomic E-state index is 12.8. The highest BCUT2D eigenvalue weighted by Crippen LogP contribution is 2.30. The zero-order valence-corrected chi connectivity index (χ0v) is 16.6. The molecule has 1 aromatic heterocycles. The molecule has 2 aromatic carbocycles. The Kier molecular flexibility index (Phi) is 5.64. The lowest BCUT2D eigenvalue weighted by molar-refractivity contribution is 0.102. The van der Waals surface area contributed by atoms with Crippen LogP contribution in [0.15, 0.2) is 66.9 Å². The Bertz CT molecular complexity index is 977. The summed E-state index contributed by atoms with van der Waals surface area (Å²) in [4.78, 5) is 17.1. The number of nitrogens with zero attached hydrogens (tertiary/aromatic N) is 1. The Balaban J connectivity index is 1.82. The normalized spacial score (nSPS) is 11.0. The monoisotopic (exact) mass is 375 g/mol. The zero-order chi connectivity index (χ0) is 20.1. The predicted molar refractivity (Wildman–Crippen MR) is 114 cm³/mol. The number of aromatic nitrogens is 1. The molecule has 0 spiro atoms. The predicted octanol–water partition coefficient (Wildman–Crippen LogP) is 5.38. The lowest BCUT2D eigenvalue weighted by atomic mass is 9.86. The molecule has 0 saturated carbocycles. The van der Waals surface area contributed by atoms with Crippen molar-refractivity contribution in [2.24, 2.45) is 0 Å². The van der Waals surface area contributed by atoms with Crippen LogP contribution in [-0.2, 0) is 5.41 Å². The standard InChI is InChI=1S/C23H25N3O2/c1-23(2,3)17-9-5-6-10-18(17)26-22(27)16-13-14-24-21(15-16)25-19-11-7-8-12-20(19)28-4/h5-15H,1-4H3,(H,24,25)(H,26,27). The summed E-state index contributed by atoms with van der Waals surface area (Å²) >= 11 is 0. The minimum atomic E-state index is -0.179. The summed E-state index contributed by atoms with van der Waals surface area (Å²) in [7, 11) is 1.62. The van der Waals surface area contributed by atoms with Gasteiger partial charge in [-0.2, -0.15) is 0 Å². The number of nitrogens with one attached hydrogen (secondary N) is 2. The van der Waals surface area contributed by atoms with Crippen molar-refractivity contribution in [1.29, 1.82) is 0 Å². The molecule has 5 nitrogen and oxygen atoms in total. The second-order valence-corrected chi connectivity index (χ2v) is 7.50. The highest BCUT2D eigenvalue weighted by molar-refractivity contribution is 6.05. The van der Waals surface area contributed by atoms with E-state index in [2.05, 4.69) is 36.4 Å². The van der Waals surface area contributed by atoms with E-state index in [0.29, 0.717) is 17.1 Å². The van der Waals surface area contributed by atoms with Crippen molar-refractivity contribution >= 4 is 23.1 Å². The summed E-state index contributed by atoms with van der Waals surface area (Å²) < 4.78 is 5.35. The highest BCUT2D eigenvalue weighted by atomic mass is 16.5. The van der Waals surface area contributed by atoms with Crippen molar-refractivity contribution in [2.45, 2.75) is 26.2 Å². The zero-order valence-electron chi connectivity index (χ0n) is 16.6.